The Kier molecular flexibility index (Phi) is 10.5. The largest absolute Gasteiger partial charge is 0.444 e. The SMILES string of the molecule is Cc1cc(C)cc(C(C(=O)NC2CCCCC2)N(C(=O)C(CS)NC(=O)OC(C)(C)C)C(C)C)c1. The van der Waals surface area contributed by atoms with Crippen molar-refractivity contribution in [3.63, 3.8) is 0 Å². The number of hydrogen-bond donors (Lipinski definition) is 3. The van der Waals surface area contributed by atoms with Gasteiger partial charge in [0.05, 0.1) is 0 Å². The minimum Gasteiger partial charge on any atom is -0.444 e. The third kappa shape index (κ3) is 8.74. The maximum absolute atomic E-state index is 13.8. The summed E-state index contributed by atoms with van der Waals surface area (Å²) in [5, 5.41) is 5.86. The van der Waals surface area contributed by atoms with Crippen molar-refractivity contribution in [1.82, 2.24) is 15.5 Å². The fraction of sp³-hybridized carbons (Fsp3) is 0.667. The predicted molar refractivity (Wildman–Crippen MR) is 143 cm³/mol. The third-order valence-corrected chi connectivity index (χ3v) is 6.39. The van der Waals surface area contributed by atoms with E-state index in [-0.39, 0.29) is 29.7 Å². The number of amides is 3. The van der Waals surface area contributed by atoms with Gasteiger partial charge in [0.1, 0.15) is 17.7 Å². The standard InChI is InChI=1S/C27H43N3O4S/c1-17(2)30(25(32)22(16-35)29-26(33)34-27(5,6)7)23(20-14-18(3)13-19(4)15-20)24(31)28-21-11-9-8-10-12-21/h13-15,17,21-23,35H,8-12,16H2,1-7H3,(H,28,31)(H,29,33). The van der Waals surface area contributed by atoms with E-state index in [4.69, 9.17) is 4.74 Å². The van der Waals surface area contributed by atoms with Crippen LogP contribution in [0, 0.1) is 13.8 Å². The molecule has 1 saturated carbocycles. The lowest BCUT2D eigenvalue weighted by molar-refractivity contribution is -0.144. The molecular weight excluding hydrogens is 462 g/mol. The van der Waals surface area contributed by atoms with Gasteiger partial charge in [-0.05, 0) is 66.9 Å². The Hall–Kier alpha value is -2.22. The molecule has 1 aliphatic rings. The Labute approximate surface area is 216 Å². The minimum absolute atomic E-state index is 0.0745. The molecule has 0 aliphatic heterocycles. The molecule has 1 aromatic rings. The van der Waals surface area contributed by atoms with E-state index < -0.39 is 23.8 Å². The highest BCUT2D eigenvalue weighted by atomic mass is 32.1. The summed E-state index contributed by atoms with van der Waals surface area (Å²) in [6.45, 7) is 13.0. The molecule has 2 atom stereocenters. The smallest absolute Gasteiger partial charge is 0.408 e. The Morgan fingerprint density at radius 1 is 1.06 bits per heavy atom. The van der Waals surface area contributed by atoms with E-state index in [1.165, 1.54) is 6.42 Å². The number of nitrogens with one attached hydrogen (secondary N) is 2. The van der Waals surface area contributed by atoms with Crippen molar-refractivity contribution >= 4 is 30.5 Å². The number of benzene rings is 1. The van der Waals surface area contributed by atoms with Crippen molar-refractivity contribution in [3.05, 3.63) is 34.9 Å². The molecule has 0 heterocycles. The molecule has 7 nitrogen and oxygen atoms in total. The average molecular weight is 506 g/mol. The molecule has 0 radical (unpaired) electrons. The monoisotopic (exact) mass is 505 g/mol. The Balaban J connectivity index is 2.42. The van der Waals surface area contributed by atoms with Crippen LogP contribution in [0.5, 0.6) is 0 Å². The van der Waals surface area contributed by atoms with E-state index >= 15 is 0 Å². The van der Waals surface area contributed by atoms with Crippen molar-refractivity contribution in [2.24, 2.45) is 0 Å². The first kappa shape index (κ1) is 29.0. The topological polar surface area (TPSA) is 87.7 Å². The van der Waals surface area contributed by atoms with Crippen LogP contribution in [-0.2, 0) is 14.3 Å². The first-order valence-electron chi connectivity index (χ1n) is 12.6. The second kappa shape index (κ2) is 12.7. The van der Waals surface area contributed by atoms with E-state index in [0.717, 1.165) is 42.4 Å². The molecule has 1 fully saturated rings. The molecule has 35 heavy (non-hydrogen) atoms. The summed E-state index contributed by atoms with van der Waals surface area (Å²) < 4.78 is 5.35. The molecule has 0 spiro atoms. The van der Waals surface area contributed by atoms with Crippen LogP contribution in [0.15, 0.2) is 18.2 Å². The molecular formula is C27H43N3O4S. The number of aryl methyl sites for hydroxylation is 2. The molecule has 0 bridgehead atoms. The van der Waals surface area contributed by atoms with Gasteiger partial charge in [-0.1, -0.05) is 48.6 Å². The molecule has 0 saturated heterocycles. The van der Waals surface area contributed by atoms with Crippen molar-refractivity contribution in [2.75, 3.05) is 5.75 Å². The predicted octanol–water partition coefficient (Wildman–Crippen LogP) is 4.85. The van der Waals surface area contributed by atoms with Gasteiger partial charge in [0.15, 0.2) is 0 Å². The number of carbonyl (C=O) groups is 3. The van der Waals surface area contributed by atoms with Gasteiger partial charge in [0, 0.05) is 17.8 Å². The molecule has 2 unspecified atom stereocenters. The van der Waals surface area contributed by atoms with Gasteiger partial charge in [-0.25, -0.2) is 4.79 Å². The van der Waals surface area contributed by atoms with Gasteiger partial charge in [0.25, 0.3) is 0 Å². The molecule has 2 rings (SSSR count). The average Bonchev–Trinajstić information content (AvgIpc) is 2.73. The van der Waals surface area contributed by atoms with Crippen LogP contribution in [0.1, 0.15) is 89.5 Å². The van der Waals surface area contributed by atoms with Crippen LogP contribution >= 0.6 is 12.6 Å². The summed E-state index contributed by atoms with van der Waals surface area (Å²) in [6, 6.07) is 4.00. The number of nitrogens with zero attached hydrogens (tertiary/aromatic N) is 1. The summed E-state index contributed by atoms with van der Waals surface area (Å²) in [6.07, 6.45) is 4.56. The molecule has 196 valence electrons. The van der Waals surface area contributed by atoms with Crippen molar-refractivity contribution in [3.8, 4) is 0 Å². The number of alkyl carbamates (subject to hydrolysis) is 1. The van der Waals surface area contributed by atoms with Crippen LogP contribution in [0.3, 0.4) is 0 Å². The molecule has 0 aromatic heterocycles. The zero-order valence-electron chi connectivity index (χ0n) is 22.3. The molecule has 8 heteroatoms. The number of ether oxygens (including phenoxy) is 1. The number of carbonyl (C=O) groups excluding carboxylic acids is 3. The summed E-state index contributed by atoms with van der Waals surface area (Å²) in [7, 11) is 0. The van der Waals surface area contributed by atoms with Gasteiger partial charge < -0.3 is 20.3 Å². The molecule has 1 aromatic carbocycles. The maximum atomic E-state index is 13.8. The van der Waals surface area contributed by atoms with E-state index in [9.17, 15) is 14.4 Å². The Bertz CT molecular complexity index is 871. The zero-order valence-corrected chi connectivity index (χ0v) is 23.2. The third-order valence-electron chi connectivity index (χ3n) is 6.02. The highest BCUT2D eigenvalue weighted by Crippen LogP contribution is 2.28. The first-order valence-corrected chi connectivity index (χ1v) is 13.3. The second-order valence-electron chi connectivity index (χ2n) is 10.9. The van der Waals surface area contributed by atoms with Crippen molar-refractivity contribution in [1.29, 1.82) is 0 Å². The minimum atomic E-state index is -0.938. The van der Waals surface area contributed by atoms with Crippen LogP contribution in [0.2, 0.25) is 0 Å². The number of rotatable bonds is 8. The van der Waals surface area contributed by atoms with Gasteiger partial charge in [-0.3, -0.25) is 9.59 Å². The fourth-order valence-corrected chi connectivity index (χ4v) is 4.88. The fourth-order valence-electron chi connectivity index (χ4n) is 4.63. The first-order chi connectivity index (χ1) is 16.3. The summed E-state index contributed by atoms with van der Waals surface area (Å²) in [5.74, 6) is -0.492. The van der Waals surface area contributed by atoms with E-state index in [2.05, 4.69) is 23.3 Å². The van der Waals surface area contributed by atoms with Gasteiger partial charge in [-0.2, -0.15) is 12.6 Å². The van der Waals surface area contributed by atoms with Crippen LogP contribution in [0.25, 0.3) is 0 Å². The summed E-state index contributed by atoms with van der Waals surface area (Å²) in [5.41, 5.74) is 2.09. The quantitative estimate of drug-likeness (QED) is 0.441. The van der Waals surface area contributed by atoms with Crippen molar-refractivity contribution in [2.45, 2.75) is 110 Å². The van der Waals surface area contributed by atoms with Gasteiger partial charge >= 0.3 is 6.09 Å². The lowest BCUT2D eigenvalue weighted by atomic mass is 9.93. The summed E-state index contributed by atoms with van der Waals surface area (Å²) >= 11 is 4.33. The van der Waals surface area contributed by atoms with E-state index in [1.807, 2.05) is 45.9 Å². The normalized spacial score (nSPS) is 16.4. The highest BCUT2D eigenvalue weighted by molar-refractivity contribution is 7.80. The number of hydrogen-bond acceptors (Lipinski definition) is 5. The zero-order chi connectivity index (χ0) is 26.3. The lowest BCUT2D eigenvalue weighted by Crippen LogP contribution is -2.56. The van der Waals surface area contributed by atoms with Crippen molar-refractivity contribution < 1.29 is 19.1 Å². The van der Waals surface area contributed by atoms with Crippen LogP contribution < -0.4 is 10.6 Å². The molecule has 1 aliphatic carbocycles. The van der Waals surface area contributed by atoms with E-state index in [1.54, 1.807) is 25.7 Å². The molecule has 2 N–H and O–H groups in total. The Morgan fingerprint density at radius 3 is 2.11 bits per heavy atom. The Morgan fingerprint density at radius 2 is 1.63 bits per heavy atom. The van der Waals surface area contributed by atoms with Crippen LogP contribution in [0.4, 0.5) is 4.79 Å². The van der Waals surface area contributed by atoms with E-state index in [0.29, 0.717) is 0 Å². The van der Waals surface area contributed by atoms with Gasteiger partial charge in [0.2, 0.25) is 11.8 Å². The lowest BCUT2D eigenvalue weighted by Gasteiger charge is -2.38. The van der Waals surface area contributed by atoms with Crippen LogP contribution in [-0.4, -0.2) is 52.3 Å². The van der Waals surface area contributed by atoms with Gasteiger partial charge in [-0.15, -0.1) is 0 Å². The highest BCUT2D eigenvalue weighted by Gasteiger charge is 2.38. The number of thiol groups is 1. The maximum Gasteiger partial charge on any atom is 0.408 e. The second-order valence-corrected chi connectivity index (χ2v) is 11.3. The molecule has 3 amide bonds. The summed E-state index contributed by atoms with van der Waals surface area (Å²) in [4.78, 5) is 41.6.